The maximum Gasteiger partial charge on any atom is 0.265 e. The fourth-order valence-corrected chi connectivity index (χ4v) is 3.32. The minimum Gasteiger partial charge on any atom is -0.482 e. The summed E-state index contributed by atoms with van der Waals surface area (Å²) in [4.78, 5) is 18.7. The minimum atomic E-state index is -0.00615. The summed E-state index contributed by atoms with van der Waals surface area (Å²) in [5.74, 6) is 2.05. The molecule has 1 aromatic rings. The second-order valence-corrected chi connectivity index (χ2v) is 7.37. The summed E-state index contributed by atoms with van der Waals surface area (Å²) in [6.45, 7) is 12.2. The van der Waals surface area contributed by atoms with Crippen LogP contribution >= 0.6 is 24.0 Å². The predicted molar refractivity (Wildman–Crippen MR) is 133 cm³/mol. The van der Waals surface area contributed by atoms with Gasteiger partial charge in [0.15, 0.2) is 12.6 Å². The number of rotatable bonds is 11. The summed E-state index contributed by atoms with van der Waals surface area (Å²) in [5.41, 5.74) is 0.841. The van der Waals surface area contributed by atoms with E-state index in [4.69, 9.17) is 9.47 Å². The summed E-state index contributed by atoms with van der Waals surface area (Å²) in [7, 11) is 0. The molecule has 1 aliphatic heterocycles. The maximum atomic E-state index is 12.2. The van der Waals surface area contributed by atoms with Crippen LogP contribution in [0.2, 0.25) is 0 Å². The van der Waals surface area contributed by atoms with E-state index < -0.39 is 0 Å². The molecule has 1 amide bonds. The molecule has 0 fully saturated rings. The highest BCUT2D eigenvalue weighted by Gasteiger charge is 2.24. The fraction of sp³-hybridized carbons (Fsp3) is 0.636. The van der Waals surface area contributed by atoms with E-state index in [0.29, 0.717) is 19.0 Å². The first-order valence-electron chi connectivity index (χ1n) is 10.7. The van der Waals surface area contributed by atoms with Crippen LogP contribution in [0.4, 0.5) is 5.69 Å². The van der Waals surface area contributed by atoms with Crippen molar-refractivity contribution in [2.24, 2.45) is 10.9 Å². The molecule has 1 heterocycles. The molecule has 0 saturated carbocycles. The summed E-state index contributed by atoms with van der Waals surface area (Å²) < 4.78 is 11.3. The molecule has 1 unspecified atom stereocenters. The first-order chi connectivity index (χ1) is 14.1. The monoisotopic (exact) mass is 532 g/mol. The normalized spacial score (nSPS) is 14.6. The number of hydrogen-bond acceptors (Lipinski definition) is 4. The maximum absolute atomic E-state index is 12.2. The van der Waals surface area contributed by atoms with Crippen molar-refractivity contribution in [3.8, 4) is 5.75 Å². The van der Waals surface area contributed by atoms with Gasteiger partial charge < -0.3 is 25.0 Å². The molecule has 0 aliphatic carbocycles. The first kappa shape index (κ1) is 26.5. The number of fused-ring (bicyclic) bond motifs is 1. The van der Waals surface area contributed by atoms with Crippen molar-refractivity contribution in [1.82, 2.24) is 10.6 Å². The van der Waals surface area contributed by atoms with E-state index in [-0.39, 0.29) is 42.6 Å². The summed E-state index contributed by atoms with van der Waals surface area (Å²) in [6, 6.07) is 7.66. The summed E-state index contributed by atoms with van der Waals surface area (Å²) in [5, 5.41) is 6.66. The van der Waals surface area contributed by atoms with Gasteiger partial charge in [0.25, 0.3) is 5.91 Å². The number of aliphatic imine (C=N–C) groups is 1. The van der Waals surface area contributed by atoms with Crippen LogP contribution in [0.25, 0.3) is 0 Å². The molecule has 0 radical (unpaired) electrons. The van der Waals surface area contributed by atoms with E-state index in [1.807, 2.05) is 31.2 Å². The molecule has 0 bridgehead atoms. The molecule has 0 aromatic heterocycles. The quantitative estimate of drug-likeness (QED) is 0.198. The minimum absolute atomic E-state index is 0. The Hall–Kier alpha value is -1.55. The highest BCUT2D eigenvalue weighted by atomic mass is 127. The molecule has 1 aliphatic rings. The van der Waals surface area contributed by atoms with Gasteiger partial charge in [0.05, 0.1) is 11.8 Å². The van der Waals surface area contributed by atoms with Gasteiger partial charge in [0.1, 0.15) is 5.75 Å². The largest absolute Gasteiger partial charge is 0.482 e. The van der Waals surface area contributed by atoms with Gasteiger partial charge in [-0.25, -0.2) is 0 Å². The molecule has 2 rings (SSSR count). The Balaban J connectivity index is 0.00000450. The Morgan fingerprint density at radius 2 is 2.03 bits per heavy atom. The number of nitrogens with one attached hydrogen (secondary N) is 2. The average Bonchev–Trinajstić information content (AvgIpc) is 2.71. The number of nitrogens with zero attached hydrogens (tertiary/aromatic N) is 2. The van der Waals surface area contributed by atoms with E-state index in [2.05, 4.69) is 36.4 Å². The van der Waals surface area contributed by atoms with Crippen LogP contribution in [-0.4, -0.2) is 57.4 Å². The topological polar surface area (TPSA) is 75.2 Å². The average molecular weight is 532 g/mol. The van der Waals surface area contributed by atoms with E-state index in [1.165, 1.54) is 0 Å². The third-order valence-electron chi connectivity index (χ3n) is 4.81. The Kier molecular flexibility index (Phi) is 12.8. The molecule has 1 aromatic carbocycles. The fourth-order valence-electron chi connectivity index (χ4n) is 3.32. The number of guanidine groups is 1. The number of carbonyl (C=O) groups excluding carboxylic acids is 1. The number of anilines is 1. The van der Waals surface area contributed by atoms with Gasteiger partial charge in [0.2, 0.25) is 0 Å². The Bertz CT molecular complexity index is 670. The molecule has 7 nitrogen and oxygen atoms in total. The van der Waals surface area contributed by atoms with Gasteiger partial charge in [-0.05, 0) is 44.7 Å². The molecular weight excluding hydrogens is 495 g/mol. The lowest BCUT2D eigenvalue weighted by Gasteiger charge is -2.29. The van der Waals surface area contributed by atoms with Gasteiger partial charge >= 0.3 is 0 Å². The van der Waals surface area contributed by atoms with Crippen molar-refractivity contribution < 1.29 is 14.3 Å². The van der Waals surface area contributed by atoms with Crippen molar-refractivity contribution in [3.05, 3.63) is 24.3 Å². The molecule has 0 saturated heterocycles. The second kappa shape index (κ2) is 14.5. The molecule has 0 spiro atoms. The van der Waals surface area contributed by atoms with Crippen LogP contribution in [0, 0.1) is 5.92 Å². The number of ether oxygens (including phenoxy) is 2. The molecule has 2 N–H and O–H groups in total. The Morgan fingerprint density at radius 1 is 1.27 bits per heavy atom. The third-order valence-corrected chi connectivity index (χ3v) is 4.81. The van der Waals surface area contributed by atoms with Gasteiger partial charge in [-0.1, -0.05) is 26.0 Å². The number of amides is 1. The van der Waals surface area contributed by atoms with Crippen LogP contribution in [0.5, 0.6) is 5.75 Å². The lowest BCUT2D eigenvalue weighted by molar-refractivity contribution is -0.121. The van der Waals surface area contributed by atoms with E-state index in [0.717, 1.165) is 49.9 Å². The lowest BCUT2D eigenvalue weighted by atomic mass is 10.0. The van der Waals surface area contributed by atoms with Crippen molar-refractivity contribution in [3.63, 3.8) is 0 Å². The molecular formula is C22H37IN4O3. The number of para-hydroxylation sites is 2. The van der Waals surface area contributed by atoms with Crippen molar-refractivity contribution in [1.29, 1.82) is 0 Å². The van der Waals surface area contributed by atoms with Gasteiger partial charge in [-0.2, -0.15) is 0 Å². The standard InChI is InChI=1S/C22H36N4O3.HI/c1-5-23-22(25-14-12-19(17(3)4)28-6-2)24-13-9-15-26-18-10-7-8-11-20(18)29-16-21(26)27;/h7-8,10-11,17,19H,5-6,9,12-16H2,1-4H3,(H2,23,24,25);1H. The third kappa shape index (κ3) is 8.29. The van der Waals surface area contributed by atoms with Crippen LogP contribution in [-0.2, 0) is 9.53 Å². The van der Waals surface area contributed by atoms with Crippen LogP contribution in [0.15, 0.2) is 29.3 Å². The smallest absolute Gasteiger partial charge is 0.265 e. The second-order valence-electron chi connectivity index (χ2n) is 7.37. The highest BCUT2D eigenvalue weighted by molar-refractivity contribution is 14.0. The van der Waals surface area contributed by atoms with E-state index in [9.17, 15) is 4.79 Å². The van der Waals surface area contributed by atoms with Gasteiger partial charge in [0, 0.05) is 32.8 Å². The van der Waals surface area contributed by atoms with Crippen molar-refractivity contribution >= 4 is 41.5 Å². The predicted octanol–water partition coefficient (Wildman–Crippen LogP) is 3.43. The zero-order valence-electron chi connectivity index (χ0n) is 18.6. The van der Waals surface area contributed by atoms with E-state index in [1.54, 1.807) is 4.90 Å². The lowest BCUT2D eigenvalue weighted by Crippen LogP contribution is -2.40. The number of halogens is 1. The van der Waals surface area contributed by atoms with Gasteiger partial charge in [-0.3, -0.25) is 9.79 Å². The number of hydrogen-bond donors (Lipinski definition) is 2. The Labute approximate surface area is 198 Å². The van der Waals surface area contributed by atoms with Crippen LogP contribution in [0.1, 0.15) is 40.5 Å². The number of benzene rings is 1. The highest BCUT2D eigenvalue weighted by Crippen LogP contribution is 2.31. The zero-order valence-corrected chi connectivity index (χ0v) is 21.0. The summed E-state index contributed by atoms with van der Waals surface area (Å²) in [6.07, 6.45) is 1.97. The van der Waals surface area contributed by atoms with Crippen molar-refractivity contribution in [2.45, 2.75) is 46.6 Å². The van der Waals surface area contributed by atoms with E-state index >= 15 is 0 Å². The first-order valence-corrected chi connectivity index (χ1v) is 10.7. The molecule has 30 heavy (non-hydrogen) atoms. The Morgan fingerprint density at radius 3 is 2.73 bits per heavy atom. The summed E-state index contributed by atoms with van der Waals surface area (Å²) >= 11 is 0. The number of carbonyl (C=O) groups is 1. The zero-order chi connectivity index (χ0) is 21.1. The molecule has 170 valence electrons. The van der Waals surface area contributed by atoms with Crippen molar-refractivity contribution in [2.75, 3.05) is 44.3 Å². The molecule has 1 atom stereocenters. The SMILES string of the molecule is CCNC(=NCCCN1C(=O)COc2ccccc21)NCCC(OCC)C(C)C.I. The van der Waals surface area contributed by atoms with Crippen LogP contribution < -0.4 is 20.3 Å². The molecule has 8 heteroatoms. The van der Waals surface area contributed by atoms with Crippen LogP contribution in [0.3, 0.4) is 0 Å². The van der Waals surface area contributed by atoms with Gasteiger partial charge in [-0.15, -0.1) is 24.0 Å².